The van der Waals surface area contributed by atoms with Gasteiger partial charge in [0.1, 0.15) is 0 Å². The number of nitrogens with zero attached hydrogens (tertiary/aromatic N) is 1. The van der Waals surface area contributed by atoms with Gasteiger partial charge in [-0.05, 0) is 32.1 Å². The molecule has 0 radical (unpaired) electrons. The summed E-state index contributed by atoms with van der Waals surface area (Å²) in [5, 5.41) is 3.00. The standard InChI is InChI=1S/C13H24N2O4S/c1-20(17,18)15-8-6-11(7-9-15)14-13(16)5-4-12-3-2-10-19-12/h11-12H,2-10H2,1H3,(H,14,16)/t12-/m1/s1. The van der Waals surface area contributed by atoms with Crippen molar-refractivity contribution < 1.29 is 17.9 Å². The Bertz CT molecular complexity index is 424. The summed E-state index contributed by atoms with van der Waals surface area (Å²) in [6.07, 6.45) is 6.29. The molecule has 1 amide bonds. The molecule has 116 valence electrons. The minimum absolute atomic E-state index is 0.0540. The highest BCUT2D eigenvalue weighted by Crippen LogP contribution is 2.17. The lowest BCUT2D eigenvalue weighted by molar-refractivity contribution is -0.122. The van der Waals surface area contributed by atoms with E-state index >= 15 is 0 Å². The van der Waals surface area contributed by atoms with Crippen LogP contribution in [0.3, 0.4) is 0 Å². The molecule has 2 rings (SSSR count). The zero-order valence-electron chi connectivity index (χ0n) is 12.0. The molecule has 0 unspecified atom stereocenters. The van der Waals surface area contributed by atoms with Gasteiger partial charge in [-0.25, -0.2) is 12.7 Å². The number of ether oxygens (including phenoxy) is 1. The molecule has 7 heteroatoms. The molecule has 0 spiro atoms. The molecule has 20 heavy (non-hydrogen) atoms. The molecule has 2 aliphatic rings. The number of rotatable bonds is 5. The Morgan fingerprint density at radius 2 is 2.00 bits per heavy atom. The van der Waals surface area contributed by atoms with Crippen LogP contribution in [0, 0.1) is 0 Å². The summed E-state index contributed by atoms with van der Waals surface area (Å²) in [6.45, 7) is 1.81. The fourth-order valence-electron chi connectivity index (χ4n) is 2.80. The van der Waals surface area contributed by atoms with Crippen molar-refractivity contribution in [2.45, 2.75) is 50.7 Å². The Hall–Kier alpha value is -0.660. The number of piperidine rings is 1. The highest BCUT2D eigenvalue weighted by Gasteiger charge is 2.26. The quantitative estimate of drug-likeness (QED) is 0.802. The summed E-state index contributed by atoms with van der Waals surface area (Å²) < 4.78 is 29.7. The monoisotopic (exact) mass is 304 g/mol. The Morgan fingerprint density at radius 3 is 2.55 bits per heavy atom. The van der Waals surface area contributed by atoms with Gasteiger partial charge in [-0.15, -0.1) is 0 Å². The third kappa shape index (κ3) is 4.71. The van der Waals surface area contributed by atoms with Crippen molar-refractivity contribution in [3.8, 4) is 0 Å². The van der Waals surface area contributed by atoms with Crippen LogP contribution in [0.25, 0.3) is 0 Å². The van der Waals surface area contributed by atoms with Crippen LogP contribution in [0.1, 0.15) is 38.5 Å². The van der Waals surface area contributed by atoms with Gasteiger partial charge >= 0.3 is 0 Å². The minimum atomic E-state index is -3.09. The first-order valence-corrected chi connectivity index (χ1v) is 9.16. The first kappa shape index (κ1) is 15.7. The van der Waals surface area contributed by atoms with Crippen LogP contribution in [0.5, 0.6) is 0 Å². The largest absolute Gasteiger partial charge is 0.378 e. The van der Waals surface area contributed by atoms with Crippen molar-refractivity contribution in [2.75, 3.05) is 26.0 Å². The van der Waals surface area contributed by atoms with Gasteiger partial charge in [-0.3, -0.25) is 4.79 Å². The molecule has 1 atom stereocenters. The van der Waals surface area contributed by atoms with E-state index in [0.29, 0.717) is 32.4 Å². The normalized spacial score (nSPS) is 25.8. The molecule has 0 saturated carbocycles. The van der Waals surface area contributed by atoms with Crippen molar-refractivity contribution in [1.82, 2.24) is 9.62 Å². The van der Waals surface area contributed by atoms with E-state index in [1.807, 2.05) is 0 Å². The molecule has 0 aliphatic carbocycles. The topological polar surface area (TPSA) is 75.7 Å². The zero-order valence-corrected chi connectivity index (χ0v) is 12.8. The average Bonchev–Trinajstić information content (AvgIpc) is 2.89. The van der Waals surface area contributed by atoms with Gasteiger partial charge in [0.05, 0.1) is 12.4 Å². The fourth-order valence-corrected chi connectivity index (χ4v) is 3.67. The van der Waals surface area contributed by atoms with Gasteiger partial charge in [0.2, 0.25) is 15.9 Å². The van der Waals surface area contributed by atoms with Crippen LogP contribution in [-0.2, 0) is 19.6 Å². The predicted octanol–water partition coefficient (Wildman–Crippen LogP) is 0.486. The van der Waals surface area contributed by atoms with Crippen LogP contribution in [-0.4, -0.2) is 56.7 Å². The molecule has 2 saturated heterocycles. The number of sulfonamides is 1. The van der Waals surface area contributed by atoms with E-state index in [1.54, 1.807) is 0 Å². The molecule has 0 aromatic rings. The van der Waals surface area contributed by atoms with Crippen molar-refractivity contribution >= 4 is 15.9 Å². The van der Waals surface area contributed by atoms with Gasteiger partial charge < -0.3 is 10.1 Å². The lowest BCUT2D eigenvalue weighted by atomic mass is 10.1. The van der Waals surface area contributed by atoms with E-state index < -0.39 is 10.0 Å². The zero-order chi connectivity index (χ0) is 14.6. The maximum absolute atomic E-state index is 11.8. The maximum Gasteiger partial charge on any atom is 0.220 e. The summed E-state index contributed by atoms with van der Waals surface area (Å²) in [6, 6.07) is 0.102. The van der Waals surface area contributed by atoms with Crippen LogP contribution in [0.4, 0.5) is 0 Å². The SMILES string of the molecule is CS(=O)(=O)N1CCC(NC(=O)CC[C@H]2CCCO2)CC1. The highest BCUT2D eigenvalue weighted by molar-refractivity contribution is 7.88. The third-order valence-corrected chi connectivity index (χ3v) is 5.31. The van der Waals surface area contributed by atoms with E-state index in [9.17, 15) is 13.2 Å². The molecule has 6 nitrogen and oxygen atoms in total. The van der Waals surface area contributed by atoms with Crippen LogP contribution in [0.15, 0.2) is 0 Å². The average molecular weight is 304 g/mol. The second-order valence-electron chi connectivity index (χ2n) is 5.68. The Balaban J connectivity index is 1.65. The van der Waals surface area contributed by atoms with Crippen molar-refractivity contribution in [2.24, 2.45) is 0 Å². The summed E-state index contributed by atoms with van der Waals surface area (Å²) >= 11 is 0. The Morgan fingerprint density at radius 1 is 1.30 bits per heavy atom. The van der Waals surface area contributed by atoms with Crippen LogP contribution >= 0.6 is 0 Å². The van der Waals surface area contributed by atoms with E-state index in [-0.39, 0.29) is 18.1 Å². The second kappa shape index (κ2) is 6.87. The number of nitrogens with one attached hydrogen (secondary N) is 1. The molecule has 2 heterocycles. The van der Waals surface area contributed by atoms with Gasteiger partial charge in [-0.1, -0.05) is 0 Å². The van der Waals surface area contributed by atoms with Crippen molar-refractivity contribution in [1.29, 1.82) is 0 Å². The summed E-state index contributed by atoms with van der Waals surface area (Å²) in [5.41, 5.74) is 0. The first-order valence-electron chi connectivity index (χ1n) is 7.31. The molecule has 1 N–H and O–H groups in total. The third-order valence-electron chi connectivity index (χ3n) is 4.01. The van der Waals surface area contributed by atoms with E-state index in [4.69, 9.17) is 4.74 Å². The molecule has 2 aliphatic heterocycles. The maximum atomic E-state index is 11.8. The fraction of sp³-hybridized carbons (Fsp3) is 0.923. The predicted molar refractivity (Wildman–Crippen MR) is 75.8 cm³/mol. The van der Waals surface area contributed by atoms with Gasteiger partial charge in [0, 0.05) is 32.2 Å². The van der Waals surface area contributed by atoms with E-state index in [2.05, 4.69) is 5.32 Å². The smallest absolute Gasteiger partial charge is 0.220 e. The summed E-state index contributed by atoms with van der Waals surface area (Å²) in [5.74, 6) is 0.0540. The lowest BCUT2D eigenvalue weighted by Gasteiger charge is -2.30. The van der Waals surface area contributed by atoms with E-state index in [0.717, 1.165) is 25.9 Å². The Kier molecular flexibility index (Phi) is 5.40. The molecule has 2 fully saturated rings. The number of carbonyl (C=O) groups is 1. The Labute approximate surface area is 120 Å². The first-order chi connectivity index (χ1) is 9.45. The number of amides is 1. The highest BCUT2D eigenvalue weighted by atomic mass is 32.2. The molecule has 0 bridgehead atoms. The number of carbonyl (C=O) groups excluding carboxylic acids is 1. The molecule has 0 aromatic carbocycles. The molecule has 0 aromatic heterocycles. The molecular formula is C13H24N2O4S. The summed E-state index contributed by atoms with van der Waals surface area (Å²) in [7, 11) is -3.09. The van der Waals surface area contributed by atoms with Gasteiger partial charge in [0.25, 0.3) is 0 Å². The van der Waals surface area contributed by atoms with Crippen LogP contribution < -0.4 is 5.32 Å². The van der Waals surface area contributed by atoms with Crippen molar-refractivity contribution in [3.05, 3.63) is 0 Å². The minimum Gasteiger partial charge on any atom is -0.378 e. The number of hydrogen-bond acceptors (Lipinski definition) is 4. The van der Waals surface area contributed by atoms with Crippen molar-refractivity contribution in [3.63, 3.8) is 0 Å². The summed E-state index contributed by atoms with van der Waals surface area (Å²) in [4.78, 5) is 11.8. The molecular weight excluding hydrogens is 280 g/mol. The van der Waals surface area contributed by atoms with Gasteiger partial charge in [-0.2, -0.15) is 0 Å². The second-order valence-corrected chi connectivity index (χ2v) is 7.66. The van der Waals surface area contributed by atoms with Crippen LogP contribution in [0.2, 0.25) is 0 Å². The van der Waals surface area contributed by atoms with Gasteiger partial charge in [0.15, 0.2) is 0 Å². The number of hydrogen-bond donors (Lipinski definition) is 1. The van der Waals surface area contributed by atoms with E-state index in [1.165, 1.54) is 10.6 Å². The lowest BCUT2D eigenvalue weighted by Crippen LogP contribution is -2.46.